The number of amides is 2. The number of likely N-dealkylation sites (tertiary alicyclic amines) is 1. The summed E-state index contributed by atoms with van der Waals surface area (Å²) in [7, 11) is 0. The molecule has 0 spiro atoms. The molecule has 2 aliphatic heterocycles. The maximum atomic E-state index is 12.6. The highest BCUT2D eigenvalue weighted by atomic mass is 16.2. The van der Waals surface area contributed by atoms with Crippen LogP contribution in [0.1, 0.15) is 44.1 Å². The number of rotatable bonds is 4. The Kier molecular flexibility index (Phi) is 4.57. The molecule has 2 aliphatic rings. The van der Waals surface area contributed by atoms with Crippen LogP contribution in [0, 0.1) is 0 Å². The number of piperidine rings is 2. The van der Waals surface area contributed by atoms with Gasteiger partial charge in [0.1, 0.15) is 0 Å². The van der Waals surface area contributed by atoms with E-state index < -0.39 is 5.41 Å². The van der Waals surface area contributed by atoms with Crippen molar-refractivity contribution in [1.29, 1.82) is 0 Å². The third kappa shape index (κ3) is 3.07. The number of hydrogen-bond acceptors (Lipinski definition) is 3. The number of benzene rings is 1. The van der Waals surface area contributed by atoms with E-state index in [1.807, 2.05) is 30.3 Å². The molecule has 1 atom stereocenters. The summed E-state index contributed by atoms with van der Waals surface area (Å²) in [6.45, 7) is 3.19. The van der Waals surface area contributed by atoms with Crippen LogP contribution in [-0.2, 0) is 15.0 Å². The molecule has 2 saturated heterocycles. The van der Waals surface area contributed by atoms with E-state index in [4.69, 9.17) is 0 Å². The molecule has 2 amide bonds. The van der Waals surface area contributed by atoms with Crippen molar-refractivity contribution in [2.45, 2.75) is 43.9 Å². The van der Waals surface area contributed by atoms with Crippen molar-refractivity contribution in [2.75, 3.05) is 19.6 Å². The lowest BCUT2D eigenvalue weighted by molar-refractivity contribution is -0.138. The minimum atomic E-state index is -0.549. The number of nitrogens with zero attached hydrogens (tertiary/aromatic N) is 1. The molecule has 1 aromatic rings. The first-order valence-corrected chi connectivity index (χ1v) is 8.33. The standard InChI is InChI=1S/C18H24N2O2/c21-16-9-10-18(17(22)19-16,15-7-3-1-4-8-15)11-14-20-12-5-2-6-13-20/h1,3-4,7-8H,2,5-6,9-14H2,(H,19,21,22)/t18-/m0/s1. The van der Waals surface area contributed by atoms with E-state index in [1.165, 1.54) is 19.3 Å². The van der Waals surface area contributed by atoms with E-state index >= 15 is 0 Å². The molecule has 0 unspecified atom stereocenters. The zero-order valence-corrected chi connectivity index (χ0v) is 13.0. The molecular formula is C18H24N2O2. The zero-order valence-electron chi connectivity index (χ0n) is 13.0. The van der Waals surface area contributed by atoms with Gasteiger partial charge in [-0.1, -0.05) is 36.8 Å². The van der Waals surface area contributed by atoms with Gasteiger partial charge in [-0.05, 0) is 50.9 Å². The quantitative estimate of drug-likeness (QED) is 0.868. The summed E-state index contributed by atoms with van der Waals surface area (Å²) >= 11 is 0. The molecule has 0 bridgehead atoms. The maximum Gasteiger partial charge on any atom is 0.237 e. The van der Waals surface area contributed by atoms with Crippen molar-refractivity contribution in [1.82, 2.24) is 10.2 Å². The highest BCUT2D eigenvalue weighted by molar-refractivity contribution is 6.03. The van der Waals surface area contributed by atoms with Crippen LogP contribution in [0.4, 0.5) is 0 Å². The van der Waals surface area contributed by atoms with Gasteiger partial charge in [0.15, 0.2) is 0 Å². The Labute approximate surface area is 131 Å². The fourth-order valence-corrected chi connectivity index (χ4v) is 3.70. The van der Waals surface area contributed by atoms with E-state index in [1.54, 1.807) is 0 Å². The average Bonchev–Trinajstić information content (AvgIpc) is 2.56. The van der Waals surface area contributed by atoms with Gasteiger partial charge in [0, 0.05) is 6.42 Å². The lowest BCUT2D eigenvalue weighted by Gasteiger charge is -2.38. The fourth-order valence-electron chi connectivity index (χ4n) is 3.70. The molecule has 4 heteroatoms. The van der Waals surface area contributed by atoms with Gasteiger partial charge in [0.2, 0.25) is 11.8 Å². The van der Waals surface area contributed by atoms with Crippen molar-refractivity contribution in [3.8, 4) is 0 Å². The molecule has 0 aromatic heterocycles. The fraction of sp³-hybridized carbons (Fsp3) is 0.556. The van der Waals surface area contributed by atoms with Crippen LogP contribution in [0.15, 0.2) is 30.3 Å². The summed E-state index contributed by atoms with van der Waals surface area (Å²) in [6, 6.07) is 9.95. The predicted molar refractivity (Wildman–Crippen MR) is 85.4 cm³/mol. The summed E-state index contributed by atoms with van der Waals surface area (Å²) in [5.74, 6) is -0.263. The SMILES string of the molecule is O=C1CC[C@](CCN2CCCCC2)(c2ccccc2)C(=O)N1. The van der Waals surface area contributed by atoms with Gasteiger partial charge in [-0.25, -0.2) is 0 Å². The summed E-state index contributed by atoms with van der Waals surface area (Å²) in [5.41, 5.74) is 0.490. The smallest absolute Gasteiger partial charge is 0.237 e. The molecular weight excluding hydrogens is 276 g/mol. The number of carbonyl (C=O) groups is 2. The highest BCUT2D eigenvalue weighted by Crippen LogP contribution is 2.36. The van der Waals surface area contributed by atoms with Crippen molar-refractivity contribution >= 4 is 11.8 Å². The Balaban J connectivity index is 1.80. The topological polar surface area (TPSA) is 49.4 Å². The van der Waals surface area contributed by atoms with Crippen LogP contribution in [0.25, 0.3) is 0 Å². The normalized spacial score (nSPS) is 26.7. The second kappa shape index (κ2) is 6.61. The summed E-state index contributed by atoms with van der Waals surface area (Å²) in [6.07, 6.45) is 5.66. The van der Waals surface area contributed by atoms with Gasteiger partial charge in [-0.3, -0.25) is 14.9 Å². The molecule has 2 fully saturated rings. The van der Waals surface area contributed by atoms with E-state index in [-0.39, 0.29) is 11.8 Å². The van der Waals surface area contributed by atoms with Crippen LogP contribution >= 0.6 is 0 Å². The van der Waals surface area contributed by atoms with Gasteiger partial charge in [-0.2, -0.15) is 0 Å². The summed E-state index contributed by atoms with van der Waals surface area (Å²) in [4.78, 5) is 26.7. The third-order valence-corrected chi connectivity index (χ3v) is 5.10. The lowest BCUT2D eigenvalue weighted by Crippen LogP contribution is -2.52. The molecule has 1 N–H and O–H groups in total. The molecule has 3 rings (SSSR count). The zero-order chi connectivity index (χ0) is 15.4. The predicted octanol–water partition coefficient (Wildman–Crippen LogP) is 2.24. The Hall–Kier alpha value is -1.68. The Morgan fingerprint density at radius 1 is 1.05 bits per heavy atom. The van der Waals surface area contributed by atoms with Gasteiger partial charge in [0.05, 0.1) is 5.41 Å². The van der Waals surface area contributed by atoms with Crippen LogP contribution < -0.4 is 5.32 Å². The molecule has 1 aromatic carbocycles. The second-order valence-corrected chi connectivity index (χ2v) is 6.48. The number of imide groups is 1. The minimum Gasteiger partial charge on any atom is -0.303 e. The number of carbonyl (C=O) groups excluding carboxylic acids is 2. The van der Waals surface area contributed by atoms with Crippen molar-refractivity contribution in [3.63, 3.8) is 0 Å². The van der Waals surface area contributed by atoms with Crippen molar-refractivity contribution < 1.29 is 9.59 Å². The monoisotopic (exact) mass is 300 g/mol. The van der Waals surface area contributed by atoms with Crippen LogP contribution in [0.5, 0.6) is 0 Å². The molecule has 0 radical (unpaired) electrons. The highest BCUT2D eigenvalue weighted by Gasteiger charge is 2.43. The maximum absolute atomic E-state index is 12.6. The molecule has 22 heavy (non-hydrogen) atoms. The van der Waals surface area contributed by atoms with E-state index in [9.17, 15) is 9.59 Å². The first kappa shape index (κ1) is 15.2. The van der Waals surface area contributed by atoms with E-state index in [0.29, 0.717) is 12.8 Å². The van der Waals surface area contributed by atoms with Gasteiger partial charge < -0.3 is 4.90 Å². The van der Waals surface area contributed by atoms with Gasteiger partial charge >= 0.3 is 0 Å². The molecule has 0 saturated carbocycles. The van der Waals surface area contributed by atoms with Crippen LogP contribution in [-0.4, -0.2) is 36.3 Å². The van der Waals surface area contributed by atoms with Crippen LogP contribution in [0.2, 0.25) is 0 Å². The second-order valence-electron chi connectivity index (χ2n) is 6.48. The largest absolute Gasteiger partial charge is 0.303 e. The Morgan fingerprint density at radius 2 is 1.77 bits per heavy atom. The molecule has 118 valence electrons. The van der Waals surface area contributed by atoms with Gasteiger partial charge in [-0.15, -0.1) is 0 Å². The van der Waals surface area contributed by atoms with Crippen LogP contribution in [0.3, 0.4) is 0 Å². The van der Waals surface area contributed by atoms with Crippen molar-refractivity contribution in [3.05, 3.63) is 35.9 Å². The van der Waals surface area contributed by atoms with E-state index in [2.05, 4.69) is 10.2 Å². The number of nitrogens with one attached hydrogen (secondary N) is 1. The first-order chi connectivity index (χ1) is 10.7. The molecule has 0 aliphatic carbocycles. The van der Waals surface area contributed by atoms with E-state index in [0.717, 1.165) is 31.6 Å². The Bertz CT molecular complexity index is 537. The van der Waals surface area contributed by atoms with Gasteiger partial charge in [0.25, 0.3) is 0 Å². The molecule has 4 nitrogen and oxygen atoms in total. The van der Waals surface area contributed by atoms with Crippen molar-refractivity contribution in [2.24, 2.45) is 0 Å². The molecule has 2 heterocycles. The Morgan fingerprint density at radius 3 is 2.45 bits per heavy atom. The average molecular weight is 300 g/mol. The minimum absolute atomic E-state index is 0.119. The summed E-state index contributed by atoms with van der Waals surface area (Å²) < 4.78 is 0. The summed E-state index contributed by atoms with van der Waals surface area (Å²) in [5, 5.41) is 2.56. The first-order valence-electron chi connectivity index (χ1n) is 8.33. The lowest BCUT2D eigenvalue weighted by atomic mass is 9.71. The number of hydrogen-bond donors (Lipinski definition) is 1. The third-order valence-electron chi connectivity index (χ3n) is 5.10.